The number of rotatable bonds is 8. The number of ether oxygens (including phenoxy) is 1. The monoisotopic (exact) mass is 439 g/mol. The Kier molecular flexibility index (Phi) is 7.92. The van der Waals surface area contributed by atoms with Gasteiger partial charge in [0.2, 0.25) is 5.91 Å². The van der Waals surface area contributed by atoms with E-state index in [-0.39, 0.29) is 17.9 Å². The molecule has 3 rings (SSSR count). The van der Waals surface area contributed by atoms with E-state index in [1.807, 2.05) is 19.1 Å². The normalized spacial score (nSPS) is 23.2. The van der Waals surface area contributed by atoms with Gasteiger partial charge in [0.05, 0.1) is 22.7 Å². The van der Waals surface area contributed by atoms with Crippen molar-refractivity contribution in [1.82, 2.24) is 10.2 Å². The second-order valence-electron chi connectivity index (χ2n) is 7.40. The van der Waals surface area contributed by atoms with Gasteiger partial charge in [0, 0.05) is 26.2 Å². The van der Waals surface area contributed by atoms with Crippen molar-refractivity contribution in [2.45, 2.75) is 38.7 Å². The highest BCUT2D eigenvalue weighted by Crippen LogP contribution is 2.23. The van der Waals surface area contributed by atoms with Gasteiger partial charge in [-0.2, -0.15) is 0 Å². The SMILES string of the molecule is CCN1CC(C(=O)NCCCc2ccc(Cl)c(Cl)c2)C(=NCC2CCCO2)C1=O. The van der Waals surface area contributed by atoms with E-state index >= 15 is 0 Å². The summed E-state index contributed by atoms with van der Waals surface area (Å²) in [4.78, 5) is 31.5. The molecule has 0 saturated carbocycles. The molecule has 2 fully saturated rings. The minimum Gasteiger partial charge on any atom is -0.376 e. The Morgan fingerprint density at radius 1 is 1.34 bits per heavy atom. The Morgan fingerprint density at radius 2 is 2.17 bits per heavy atom. The second kappa shape index (κ2) is 10.4. The van der Waals surface area contributed by atoms with Crippen LogP contribution in [-0.2, 0) is 20.7 Å². The zero-order valence-electron chi connectivity index (χ0n) is 16.6. The van der Waals surface area contributed by atoms with Gasteiger partial charge in [-0.05, 0) is 50.3 Å². The third-order valence-corrected chi connectivity index (χ3v) is 6.09. The maximum absolute atomic E-state index is 12.7. The van der Waals surface area contributed by atoms with Crippen LogP contribution in [0.4, 0.5) is 0 Å². The largest absolute Gasteiger partial charge is 0.376 e. The smallest absolute Gasteiger partial charge is 0.268 e. The van der Waals surface area contributed by atoms with Crippen LogP contribution in [0.3, 0.4) is 0 Å². The number of aliphatic imine (C=N–C) groups is 1. The number of aryl methyl sites for hydroxylation is 1. The van der Waals surface area contributed by atoms with Crippen molar-refractivity contribution in [2.24, 2.45) is 10.9 Å². The molecule has 0 spiro atoms. The van der Waals surface area contributed by atoms with Crippen molar-refractivity contribution >= 4 is 40.7 Å². The summed E-state index contributed by atoms with van der Waals surface area (Å²) in [5, 5.41) is 4.02. The number of nitrogens with one attached hydrogen (secondary N) is 1. The number of benzene rings is 1. The number of hydrogen-bond donors (Lipinski definition) is 1. The zero-order chi connectivity index (χ0) is 20.8. The van der Waals surface area contributed by atoms with E-state index in [1.165, 1.54) is 0 Å². The van der Waals surface area contributed by atoms with Crippen LogP contribution in [0.2, 0.25) is 10.0 Å². The molecule has 1 N–H and O–H groups in total. The van der Waals surface area contributed by atoms with E-state index in [9.17, 15) is 9.59 Å². The summed E-state index contributed by atoms with van der Waals surface area (Å²) >= 11 is 12.0. The molecule has 2 saturated heterocycles. The molecule has 2 heterocycles. The molecular formula is C21H27Cl2N3O3. The van der Waals surface area contributed by atoms with E-state index in [0.717, 1.165) is 37.9 Å². The first-order valence-corrected chi connectivity index (χ1v) is 10.9. The molecule has 1 aromatic carbocycles. The first-order valence-electron chi connectivity index (χ1n) is 10.2. The number of likely N-dealkylation sites (tertiary alicyclic amines) is 1. The lowest BCUT2D eigenvalue weighted by Gasteiger charge is -2.13. The van der Waals surface area contributed by atoms with Crippen molar-refractivity contribution in [3.05, 3.63) is 33.8 Å². The van der Waals surface area contributed by atoms with Crippen molar-refractivity contribution in [2.75, 3.05) is 32.8 Å². The maximum atomic E-state index is 12.7. The number of nitrogens with zero attached hydrogens (tertiary/aromatic N) is 2. The highest BCUT2D eigenvalue weighted by atomic mass is 35.5. The number of halogens is 2. The molecule has 6 nitrogen and oxygen atoms in total. The lowest BCUT2D eigenvalue weighted by Crippen LogP contribution is -2.36. The number of amides is 2. The van der Waals surface area contributed by atoms with Crippen LogP contribution < -0.4 is 5.32 Å². The fourth-order valence-corrected chi connectivity index (χ4v) is 3.99. The average Bonchev–Trinajstić information content (AvgIpc) is 3.34. The third kappa shape index (κ3) is 5.71. The summed E-state index contributed by atoms with van der Waals surface area (Å²) in [6.45, 7) is 4.58. The fourth-order valence-electron chi connectivity index (χ4n) is 3.67. The Morgan fingerprint density at radius 3 is 2.86 bits per heavy atom. The Balaban J connectivity index is 1.53. The van der Waals surface area contributed by atoms with Gasteiger partial charge in [-0.15, -0.1) is 0 Å². The standard InChI is InChI=1S/C21H27Cl2N3O3/c1-2-26-13-16(19(21(26)28)25-12-15-6-4-10-29-15)20(27)24-9-3-5-14-7-8-17(22)18(23)11-14/h7-8,11,15-16H,2-6,9-10,12-13H2,1H3,(H,24,27). The fraction of sp³-hybridized carbons (Fsp3) is 0.571. The Labute approximate surface area is 181 Å². The summed E-state index contributed by atoms with van der Waals surface area (Å²) in [5.41, 5.74) is 1.44. The number of carbonyl (C=O) groups is 2. The van der Waals surface area contributed by atoms with E-state index < -0.39 is 5.92 Å². The van der Waals surface area contributed by atoms with Gasteiger partial charge < -0.3 is 15.0 Å². The summed E-state index contributed by atoms with van der Waals surface area (Å²) in [6, 6.07) is 5.55. The molecule has 8 heteroatoms. The molecule has 1 aromatic rings. The summed E-state index contributed by atoms with van der Waals surface area (Å²) in [7, 11) is 0. The lowest BCUT2D eigenvalue weighted by molar-refractivity contribution is -0.123. The topological polar surface area (TPSA) is 71.0 Å². The predicted octanol–water partition coefficient (Wildman–Crippen LogP) is 3.14. The van der Waals surface area contributed by atoms with Crippen molar-refractivity contribution in [3.63, 3.8) is 0 Å². The van der Waals surface area contributed by atoms with Gasteiger partial charge in [0.15, 0.2) is 0 Å². The number of hydrogen-bond acceptors (Lipinski definition) is 4. The molecule has 0 aliphatic carbocycles. The first kappa shape index (κ1) is 22.1. The third-order valence-electron chi connectivity index (χ3n) is 5.35. The van der Waals surface area contributed by atoms with Crippen LogP contribution in [0, 0.1) is 5.92 Å². The quantitative estimate of drug-likeness (QED) is 0.632. The average molecular weight is 440 g/mol. The minimum absolute atomic E-state index is 0.0564. The summed E-state index contributed by atoms with van der Waals surface area (Å²) in [5.74, 6) is -0.801. The van der Waals surface area contributed by atoms with E-state index in [2.05, 4.69) is 10.3 Å². The Hall–Kier alpha value is -1.63. The first-order chi connectivity index (χ1) is 14.0. The highest BCUT2D eigenvalue weighted by molar-refractivity contribution is 6.45. The Bertz CT molecular complexity index is 778. The molecule has 0 bridgehead atoms. The van der Waals surface area contributed by atoms with Crippen LogP contribution in [-0.4, -0.2) is 61.3 Å². The molecular weight excluding hydrogens is 413 g/mol. The minimum atomic E-state index is -0.520. The van der Waals surface area contributed by atoms with Gasteiger partial charge in [-0.3, -0.25) is 14.6 Å². The highest BCUT2D eigenvalue weighted by Gasteiger charge is 2.40. The molecule has 29 heavy (non-hydrogen) atoms. The molecule has 158 valence electrons. The van der Waals surface area contributed by atoms with Crippen LogP contribution in [0.25, 0.3) is 0 Å². The molecule has 2 aliphatic rings. The van der Waals surface area contributed by atoms with E-state index in [1.54, 1.807) is 11.0 Å². The van der Waals surface area contributed by atoms with E-state index in [0.29, 0.717) is 41.9 Å². The molecule has 2 unspecified atom stereocenters. The van der Waals surface area contributed by atoms with Gasteiger partial charge >= 0.3 is 0 Å². The molecule has 2 aliphatic heterocycles. The van der Waals surface area contributed by atoms with Crippen LogP contribution in [0.15, 0.2) is 23.2 Å². The molecule has 2 amide bonds. The van der Waals surface area contributed by atoms with Gasteiger partial charge in [0.1, 0.15) is 11.6 Å². The second-order valence-corrected chi connectivity index (χ2v) is 8.21. The summed E-state index contributed by atoms with van der Waals surface area (Å²) < 4.78 is 5.58. The zero-order valence-corrected chi connectivity index (χ0v) is 18.1. The number of carbonyl (C=O) groups excluding carboxylic acids is 2. The van der Waals surface area contributed by atoms with Gasteiger partial charge in [-0.25, -0.2) is 0 Å². The molecule has 0 aromatic heterocycles. The lowest BCUT2D eigenvalue weighted by atomic mass is 10.1. The summed E-state index contributed by atoms with van der Waals surface area (Å²) in [6.07, 6.45) is 3.58. The van der Waals surface area contributed by atoms with Crippen molar-refractivity contribution in [1.29, 1.82) is 0 Å². The van der Waals surface area contributed by atoms with E-state index in [4.69, 9.17) is 27.9 Å². The predicted molar refractivity (Wildman–Crippen MR) is 115 cm³/mol. The molecule has 0 radical (unpaired) electrons. The maximum Gasteiger partial charge on any atom is 0.268 e. The van der Waals surface area contributed by atoms with Crippen LogP contribution in [0.5, 0.6) is 0 Å². The molecule has 2 atom stereocenters. The van der Waals surface area contributed by atoms with Gasteiger partial charge in [-0.1, -0.05) is 29.3 Å². The van der Waals surface area contributed by atoms with Crippen LogP contribution in [0.1, 0.15) is 31.7 Å². The van der Waals surface area contributed by atoms with Crippen molar-refractivity contribution < 1.29 is 14.3 Å². The van der Waals surface area contributed by atoms with Crippen LogP contribution >= 0.6 is 23.2 Å². The van der Waals surface area contributed by atoms with Gasteiger partial charge in [0.25, 0.3) is 5.91 Å². The van der Waals surface area contributed by atoms with Crippen molar-refractivity contribution in [3.8, 4) is 0 Å².